The van der Waals surface area contributed by atoms with E-state index in [1.807, 2.05) is 0 Å². The highest BCUT2D eigenvalue weighted by atomic mass is 35.5. The maximum Gasteiger partial charge on any atom is 0.261 e. The molecule has 1 aromatic carbocycles. The molecule has 1 aromatic heterocycles. The lowest BCUT2D eigenvalue weighted by Gasteiger charge is -2.22. The first-order chi connectivity index (χ1) is 13.3. The number of carbonyl (C=O) groups excluding carboxylic acids is 1. The average Bonchev–Trinajstić information content (AvgIpc) is 3.16. The Labute approximate surface area is 172 Å². The summed E-state index contributed by atoms with van der Waals surface area (Å²) in [6, 6.07) is 8.17. The van der Waals surface area contributed by atoms with Crippen molar-refractivity contribution in [1.29, 1.82) is 0 Å². The lowest BCUT2D eigenvalue weighted by Crippen LogP contribution is -2.44. The number of benzene rings is 1. The summed E-state index contributed by atoms with van der Waals surface area (Å²) in [4.78, 5) is 15.6. The number of aromatic nitrogens is 1. The maximum atomic E-state index is 12.8. The average molecular weight is 446 g/mol. The van der Waals surface area contributed by atoms with E-state index >= 15 is 0 Å². The van der Waals surface area contributed by atoms with Crippen molar-refractivity contribution in [2.45, 2.75) is 30.4 Å². The Morgan fingerprint density at radius 3 is 2.50 bits per heavy atom. The highest BCUT2D eigenvalue weighted by Crippen LogP contribution is 2.27. The second-order valence-electron chi connectivity index (χ2n) is 6.13. The SMILES string of the molecule is O=C(NO)[C@H]1CCCN1S(=O)(=O)c1ccc(OCc2cc(Cl)nc(Cl)c2)cc1. The summed E-state index contributed by atoms with van der Waals surface area (Å²) >= 11 is 11.7. The molecule has 0 bridgehead atoms. The molecular weight excluding hydrogens is 429 g/mol. The van der Waals surface area contributed by atoms with Gasteiger partial charge in [0.05, 0.1) is 4.90 Å². The van der Waals surface area contributed by atoms with E-state index in [9.17, 15) is 13.2 Å². The molecule has 0 radical (unpaired) electrons. The maximum absolute atomic E-state index is 12.8. The third-order valence-corrected chi connectivity index (χ3v) is 6.58. The van der Waals surface area contributed by atoms with Crippen LogP contribution < -0.4 is 10.2 Å². The van der Waals surface area contributed by atoms with Gasteiger partial charge >= 0.3 is 0 Å². The van der Waals surface area contributed by atoms with Crippen LogP contribution in [0.1, 0.15) is 18.4 Å². The monoisotopic (exact) mass is 445 g/mol. The molecule has 8 nitrogen and oxygen atoms in total. The van der Waals surface area contributed by atoms with Gasteiger partial charge in [-0.3, -0.25) is 10.0 Å². The van der Waals surface area contributed by atoms with E-state index in [-0.39, 0.29) is 28.4 Å². The van der Waals surface area contributed by atoms with Crippen molar-refractivity contribution in [3.63, 3.8) is 0 Å². The van der Waals surface area contributed by atoms with Crippen molar-refractivity contribution in [2.24, 2.45) is 0 Å². The van der Waals surface area contributed by atoms with E-state index in [2.05, 4.69) is 4.98 Å². The summed E-state index contributed by atoms with van der Waals surface area (Å²) in [5, 5.41) is 9.31. The van der Waals surface area contributed by atoms with Crippen LogP contribution in [0.4, 0.5) is 0 Å². The number of sulfonamides is 1. The van der Waals surface area contributed by atoms with Crippen LogP contribution in [-0.4, -0.2) is 41.4 Å². The Kier molecular flexibility index (Phi) is 6.41. The van der Waals surface area contributed by atoms with Crippen LogP contribution in [-0.2, 0) is 21.4 Å². The minimum absolute atomic E-state index is 0.0347. The van der Waals surface area contributed by atoms with Gasteiger partial charge in [-0.1, -0.05) is 23.2 Å². The number of amides is 1. The van der Waals surface area contributed by atoms with E-state index in [1.54, 1.807) is 12.1 Å². The van der Waals surface area contributed by atoms with Crippen molar-refractivity contribution in [3.8, 4) is 5.75 Å². The molecule has 1 aliphatic rings. The second-order valence-corrected chi connectivity index (χ2v) is 8.80. The van der Waals surface area contributed by atoms with Gasteiger partial charge in [-0.15, -0.1) is 0 Å². The number of carbonyl (C=O) groups is 1. The van der Waals surface area contributed by atoms with E-state index in [4.69, 9.17) is 33.1 Å². The largest absolute Gasteiger partial charge is 0.489 e. The van der Waals surface area contributed by atoms with Crippen LogP contribution in [0.5, 0.6) is 5.75 Å². The van der Waals surface area contributed by atoms with Crippen LogP contribution in [0.15, 0.2) is 41.3 Å². The number of pyridine rings is 1. The molecule has 1 amide bonds. The fourth-order valence-corrected chi connectivity index (χ4v) is 5.13. The molecule has 28 heavy (non-hydrogen) atoms. The topological polar surface area (TPSA) is 109 Å². The van der Waals surface area contributed by atoms with Crippen LogP contribution in [0, 0.1) is 0 Å². The molecule has 2 N–H and O–H groups in total. The van der Waals surface area contributed by atoms with Crippen molar-refractivity contribution < 1.29 is 23.2 Å². The highest BCUT2D eigenvalue weighted by molar-refractivity contribution is 7.89. The Bertz CT molecular complexity index is 949. The van der Waals surface area contributed by atoms with Crippen LogP contribution >= 0.6 is 23.2 Å². The zero-order valence-electron chi connectivity index (χ0n) is 14.5. The number of ether oxygens (including phenoxy) is 1. The summed E-state index contributed by atoms with van der Waals surface area (Å²) in [6.45, 7) is 0.390. The Hall–Kier alpha value is -1.91. The van der Waals surface area contributed by atoms with Gasteiger partial charge in [0.1, 0.15) is 28.7 Å². The highest BCUT2D eigenvalue weighted by Gasteiger charge is 2.39. The van der Waals surface area contributed by atoms with Crippen molar-refractivity contribution in [3.05, 3.63) is 52.3 Å². The zero-order valence-corrected chi connectivity index (χ0v) is 16.8. The lowest BCUT2D eigenvalue weighted by atomic mass is 10.2. The van der Waals surface area contributed by atoms with Gasteiger partial charge < -0.3 is 4.74 Å². The molecule has 1 fully saturated rings. The second kappa shape index (κ2) is 8.62. The standard InChI is InChI=1S/C17H17Cl2N3O5S/c18-15-8-11(9-16(19)20-15)10-27-12-3-5-13(6-4-12)28(25,26)22-7-1-2-14(22)17(23)21-24/h3-6,8-9,14,24H,1-2,7,10H2,(H,21,23)/t14-/m1/s1. The van der Waals surface area contributed by atoms with Crippen molar-refractivity contribution >= 4 is 39.1 Å². The van der Waals surface area contributed by atoms with Gasteiger partial charge in [-0.25, -0.2) is 18.9 Å². The van der Waals surface area contributed by atoms with Crippen molar-refractivity contribution in [1.82, 2.24) is 14.8 Å². The fourth-order valence-electron chi connectivity index (χ4n) is 2.97. The number of hydroxylamine groups is 1. The van der Waals surface area contributed by atoms with Gasteiger partial charge in [-0.05, 0) is 54.8 Å². The Morgan fingerprint density at radius 1 is 1.25 bits per heavy atom. The summed E-state index contributed by atoms with van der Waals surface area (Å²) in [5.41, 5.74) is 2.24. The molecule has 0 saturated carbocycles. The molecule has 0 aliphatic carbocycles. The zero-order chi connectivity index (χ0) is 20.3. The molecule has 150 valence electrons. The van der Waals surface area contributed by atoms with Gasteiger partial charge in [-0.2, -0.15) is 4.31 Å². The van der Waals surface area contributed by atoms with Gasteiger partial charge in [0, 0.05) is 6.54 Å². The van der Waals surface area contributed by atoms with Crippen LogP contribution in [0.3, 0.4) is 0 Å². The molecule has 0 spiro atoms. The smallest absolute Gasteiger partial charge is 0.261 e. The minimum atomic E-state index is -3.88. The predicted octanol–water partition coefficient (Wildman–Crippen LogP) is 2.63. The molecule has 11 heteroatoms. The Balaban J connectivity index is 1.72. The lowest BCUT2D eigenvalue weighted by molar-refractivity contribution is -0.132. The number of rotatable bonds is 6. The van der Waals surface area contributed by atoms with Crippen LogP contribution in [0.25, 0.3) is 0 Å². The molecule has 2 aromatic rings. The third-order valence-electron chi connectivity index (χ3n) is 4.27. The Morgan fingerprint density at radius 2 is 1.89 bits per heavy atom. The normalized spacial score (nSPS) is 17.5. The van der Waals surface area contributed by atoms with Gasteiger partial charge in [0.15, 0.2) is 0 Å². The van der Waals surface area contributed by atoms with Gasteiger partial charge in [0.2, 0.25) is 10.0 Å². The van der Waals surface area contributed by atoms with Crippen LogP contribution in [0.2, 0.25) is 10.3 Å². The quantitative estimate of drug-likeness (QED) is 0.401. The number of nitrogens with zero attached hydrogens (tertiary/aromatic N) is 2. The number of hydrogen-bond acceptors (Lipinski definition) is 6. The number of nitrogens with one attached hydrogen (secondary N) is 1. The molecule has 1 saturated heterocycles. The first-order valence-corrected chi connectivity index (χ1v) is 10.5. The molecule has 1 atom stereocenters. The summed E-state index contributed by atoms with van der Waals surface area (Å²) in [6.07, 6.45) is 0.888. The van der Waals surface area contributed by atoms with Crippen molar-refractivity contribution in [2.75, 3.05) is 6.54 Å². The molecule has 3 rings (SSSR count). The predicted molar refractivity (Wildman–Crippen MR) is 102 cm³/mol. The fraction of sp³-hybridized carbons (Fsp3) is 0.294. The number of hydrogen-bond donors (Lipinski definition) is 2. The van der Waals surface area contributed by atoms with E-state index < -0.39 is 22.0 Å². The summed E-state index contributed by atoms with van der Waals surface area (Å²) < 4.78 is 32.4. The number of halogens is 2. The van der Waals surface area contributed by atoms with E-state index in [0.717, 1.165) is 9.87 Å². The first kappa shape index (κ1) is 20.8. The van der Waals surface area contributed by atoms with Gasteiger partial charge in [0.25, 0.3) is 5.91 Å². The van der Waals surface area contributed by atoms with E-state index in [1.165, 1.54) is 29.7 Å². The molecule has 0 unspecified atom stereocenters. The molecular formula is C17H17Cl2N3O5S. The third kappa shape index (κ3) is 4.56. The molecule has 2 heterocycles. The first-order valence-electron chi connectivity index (χ1n) is 8.32. The summed E-state index contributed by atoms with van der Waals surface area (Å²) in [5.74, 6) is -0.287. The molecule has 1 aliphatic heterocycles. The minimum Gasteiger partial charge on any atom is -0.489 e. The van der Waals surface area contributed by atoms with E-state index in [0.29, 0.717) is 18.6 Å². The summed E-state index contributed by atoms with van der Waals surface area (Å²) in [7, 11) is -3.88.